The minimum absolute atomic E-state index is 0.102. The second-order valence-electron chi connectivity index (χ2n) is 5.79. The van der Waals surface area contributed by atoms with Gasteiger partial charge in [0.05, 0.1) is 5.69 Å². The lowest BCUT2D eigenvalue weighted by Crippen LogP contribution is -2.35. The quantitative estimate of drug-likeness (QED) is 0.933. The summed E-state index contributed by atoms with van der Waals surface area (Å²) in [6.07, 6.45) is 2.08. The van der Waals surface area contributed by atoms with Crippen molar-refractivity contribution in [2.24, 2.45) is 7.05 Å². The second-order valence-corrected chi connectivity index (χ2v) is 6.71. The molecule has 0 aliphatic rings. The smallest absolute Gasteiger partial charge is 0.0968 e. The van der Waals surface area contributed by atoms with Crippen LogP contribution in [-0.2, 0) is 13.6 Å². The van der Waals surface area contributed by atoms with E-state index >= 15 is 0 Å². The molecule has 0 radical (unpaired) electrons. The molecule has 1 N–H and O–H groups in total. The molecule has 0 saturated heterocycles. The van der Waals surface area contributed by atoms with Gasteiger partial charge in [-0.05, 0) is 32.9 Å². The van der Waals surface area contributed by atoms with E-state index in [0.717, 1.165) is 22.3 Å². The summed E-state index contributed by atoms with van der Waals surface area (Å²) in [5.74, 6) is 0. The van der Waals surface area contributed by atoms with Crippen molar-refractivity contribution in [2.75, 3.05) is 0 Å². The molecule has 0 fully saturated rings. The van der Waals surface area contributed by atoms with Gasteiger partial charge in [0.25, 0.3) is 0 Å². The minimum atomic E-state index is 0.102. The highest BCUT2D eigenvalue weighted by molar-refractivity contribution is 9.10. The van der Waals surface area contributed by atoms with Gasteiger partial charge in [-0.25, -0.2) is 0 Å². The molecule has 4 heteroatoms. The Hall–Kier alpha value is -1.13. The zero-order valence-corrected chi connectivity index (χ0v) is 13.5. The van der Waals surface area contributed by atoms with Gasteiger partial charge in [-0.2, -0.15) is 5.10 Å². The van der Waals surface area contributed by atoms with Crippen LogP contribution >= 0.6 is 15.9 Å². The van der Waals surface area contributed by atoms with Gasteiger partial charge in [-0.1, -0.05) is 28.1 Å². The Morgan fingerprint density at radius 2 is 2.05 bits per heavy atom. The molecule has 102 valence electrons. The van der Waals surface area contributed by atoms with Crippen LogP contribution in [0.3, 0.4) is 0 Å². The maximum Gasteiger partial charge on any atom is 0.0968 e. The number of nitrogens with one attached hydrogen (secondary N) is 1. The lowest BCUT2D eigenvalue weighted by molar-refractivity contribution is 0.424. The topological polar surface area (TPSA) is 29.9 Å². The Labute approximate surface area is 123 Å². The van der Waals surface area contributed by atoms with E-state index in [1.165, 1.54) is 5.56 Å². The van der Waals surface area contributed by atoms with Gasteiger partial charge in [0.15, 0.2) is 0 Å². The van der Waals surface area contributed by atoms with Gasteiger partial charge in [-0.3, -0.25) is 4.68 Å². The average molecular weight is 322 g/mol. The number of hydrogen-bond donors (Lipinski definition) is 1. The molecule has 2 rings (SSSR count). The number of rotatable bonds is 3. The monoisotopic (exact) mass is 321 g/mol. The molecule has 0 saturated carbocycles. The van der Waals surface area contributed by atoms with E-state index in [0.29, 0.717) is 0 Å². The van der Waals surface area contributed by atoms with Gasteiger partial charge in [0.2, 0.25) is 0 Å². The maximum atomic E-state index is 4.58. The zero-order valence-electron chi connectivity index (χ0n) is 11.9. The van der Waals surface area contributed by atoms with Crippen molar-refractivity contribution in [3.63, 3.8) is 0 Å². The molecule has 0 amide bonds. The summed E-state index contributed by atoms with van der Waals surface area (Å²) in [4.78, 5) is 0. The Kier molecular flexibility index (Phi) is 4.11. The van der Waals surface area contributed by atoms with Crippen molar-refractivity contribution in [1.82, 2.24) is 15.1 Å². The van der Waals surface area contributed by atoms with Crippen LogP contribution in [0.25, 0.3) is 11.3 Å². The third-order valence-electron chi connectivity index (χ3n) is 2.81. The predicted octanol–water partition coefficient (Wildman–Crippen LogP) is 3.74. The minimum Gasteiger partial charge on any atom is -0.308 e. The number of halogens is 1. The summed E-state index contributed by atoms with van der Waals surface area (Å²) in [5, 5.41) is 8.09. The molecule has 1 aromatic carbocycles. The number of benzene rings is 1. The maximum absolute atomic E-state index is 4.58. The molecular weight excluding hydrogens is 302 g/mol. The SMILES string of the molecule is Cn1cc(CNC(C)(C)C)c(-c2cccc(Br)c2)n1. The molecule has 1 heterocycles. The fraction of sp³-hybridized carbons (Fsp3) is 0.400. The number of aromatic nitrogens is 2. The van der Waals surface area contributed by atoms with Crippen molar-refractivity contribution in [2.45, 2.75) is 32.9 Å². The summed E-state index contributed by atoms with van der Waals surface area (Å²) >= 11 is 3.51. The first-order valence-electron chi connectivity index (χ1n) is 6.39. The molecule has 1 aromatic heterocycles. The van der Waals surface area contributed by atoms with Crippen LogP contribution in [0.5, 0.6) is 0 Å². The van der Waals surface area contributed by atoms with E-state index in [1.54, 1.807) is 0 Å². The van der Waals surface area contributed by atoms with Crippen molar-refractivity contribution in [3.05, 3.63) is 40.5 Å². The summed E-state index contributed by atoms with van der Waals surface area (Å²) < 4.78 is 2.95. The van der Waals surface area contributed by atoms with Gasteiger partial charge in [0, 0.05) is 40.9 Å². The summed E-state index contributed by atoms with van der Waals surface area (Å²) in [7, 11) is 1.96. The molecule has 0 aliphatic carbocycles. The number of hydrogen-bond acceptors (Lipinski definition) is 2. The van der Waals surface area contributed by atoms with Crippen LogP contribution in [0.2, 0.25) is 0 Å². The summed E-state index contributed by atoms with van der Waals surface area (Å²) in [5.41, 5.74) is 3.50. The largest absolute Gasteiger partial charge is 0.308 e. The fourth-order valence-electron chi connectivity index (χ4n) is 1.91. The molecular formula is C15H20BrN3. The van der Waals surface area contributed by atoms with Crippen LogP contribution in [0.15, 0.2) is 34.9 Å². The van der Waals surface area contributed by atoms with Crippen molar-refractivity contribution in [1.29, 1.82) is 0 Å². The lowest BCUT2D eigenvalue weighted by atomic mass is 10.1. The molecule has 2 aromatic rings. The fourth-order valence-corrected chi connectivity index (χ4v) is 2.31. The van der Waals surface area contributed by atoms with E-state index in [2.05, 4.69) is 65.4 Å². The predicted molar refractivity (Wildman–Crippen MR) is 82.9 cm³/mol. The Morgan fingerprint density at radius 3 is 2.68 bits per heavy atom. The van der Waals surface area contributed by atoms with Crippen molar-refractivity contribution >= 4 is 15.9 Å². The van der Waals surface area contributed by atoms with E-state index in [-0.39, 0.29) is 5.54 Å². The highest BCUT2D eigenvalue weighted by Gasteiger charge is 2.14. The van der Waals surface area contributed by atoms with E-state index in [9.17, 15) is 0 Å². The normalized spacial score (nSPS) is 11.8. The summed E-state index contributed by atoms with van der Waals surface area (Å²) in [6.45, 7) is 7.33. The Balaban J connectivity index is 2.31. The highest BCUT2D eigenvalue weighted by atomic mass is 79.9. The van der Waals surface area contributed by atoms with Crippen LogP contribution in [-0.4, -0.2) is 15.3 Å². The van der Waals surface area contributed by atoms with Gasteiger partial charge in [-0.15, -0.1) is 0 Å². The molecule has 0 aliphatic heterocycles. The standard InChI is InChI=1S/C15H20BrN3/c1-15(2,3)17-9-12-10-19(4)18-14(12)11-6-5-7-13(16)8-11/h5-8,10,17H,9H2,1-4H3. The third kappa shape index (κ3) is 3.91. The van der Waals surface area contributed by atoms with Gasteiger partial charge < -0.3 is 5.32 Å². The van der Waals surface area contributed by atoms with Crippen molar-refractivity contribution < 1.29 is 0 Å². The van der Waals surface area contributed by atoms with E-state index in [4.69, 9.17) is 0 Å². The third-order valence-corrected chi connectivity index (χ3v) is 3.31. The Morgan fingerprint density at radius 1 is 1.32 bits per heavy atom. The first-order chi connectivity index (χ1) is 8.85. The van der Waals surface area contributed by atoms with Gasteiger partial charge in [0.1, 0.15) is 0 Å². The van der Waals surface area contributed by atoms with Gasteiger partial charge >= 0.3 is 0 Å². The first-order valence-corrected chi connectivity index (χ1v) is 7.18. The molecule has 3 nitrogen and oxygen atoms in total. The van der Waals surface area contributed by atoms with Crippen molar-refractivity contribution in [3.8, 4) is 11.3 Å². The van der Waals surface area contributed by atoms with E-state index < -0.39 is 0 Å². The number of aryl methyl sites for hydroxylation is 1. The second kappa shape index (κ2) is 5.47. The average Bonchev–Trinajstić information content (AvgIpc) is 2.67. The molecule has 0 bridgehead atoms. The summed E-state index contributed by atoms with van der Waals surface area (Å²) in [6, 6.07) is 8.26. The molecule has 0 atom stereocenters. The first kappa shape index (κ1) is 14.3. The molecule has 0 spiro atoms. The lowest BCUT2D eigenvalue weighted by Gasteiger charge is -2.20. The van der Waals surface area contributed by atoms with Crippen LogP contribution in [0.4, 0.5) is 0 Å². The number of nitrogens with zero attached hydrogens (tertiary/aromatic N) is 2. The highest BCUT2D eigenvalue weighted by Crippen LogP contribution is 2.25. The zero-order chi connectivity index (χ0) is 14.0. The van der Waals surface area contributed by atoms with Crippen LogP contribution < -0.4 is 5.32 Å². The molecule has 19 heavy (non-hydrogen) atoms. The molecule has 0 unspecified atom stereocenters. The van der Waals surface area contributed by atoms with Crippen LogP contribution in [0, 0.1) is 0 Å². The van der Waals surface area contributed by atoms with Crippen LogP contribution in [0.1, 0.15) is 26.3 Å². The Bertz CT molecular complexity index is 567. The van der Waals surface area contributed by atoms with E-state index in [1.807, 2.05) is 23.9 Å².